The van der Waals surface area contributed by atoms with Gasteiger partial charge >= 0.3 is 20.1 Å². The number of imidazole rings is 1. The third kappa shape index (κ3) is 11.4. The van der Waals surface area contributed by atoms with Crippen LogP contribution >= 0.6 is 0 Å². The Balaban J connectivity index is 0.000000163. The minimum atomic E-state index is 0. The van der Waals surface area contributed by atoms with E-state index >= 15 is 0 Å². The molecule has 5 heterocycles. The van der Waals surface area contributed by atoms with E-state index in [0.29, 0.717) is 0 Å². The van der Waals surface area contributed by atoms with Gasteiger partial charge in [0.2, 0.25) is 0 Å². The maximum Gasteiger partial charge on any atom is 3.00 e. The summed E-state index contributed by atoms with van der Waals surface area (Å²) in [5.41, 5.74) is 24.2. The van der Waals surface area contributed by atoms with E-state index in [4.69, 9.17) is 18.8 Å². The van der Waals surface area contributed by atoms with Gasteiger partial charge in [-0.3, -0.25) is 4.98 Å². The van der Waals surface area contributed by atoms with Crippen LogP contribution in [0.3, 0.4) is 0 Å². The fourth-order valence-electron chi connectivity index (χ4n) is 12.3. The Kier molecular flexibility index (Phi) is 16.5. The van der Waals surface area contributed by atoms with Crippen LogP contribution in [0.5, 0.6) is 0 Å². The molecule has 10 aromatic carbocycles. The number of aromatic nitrogens is 4. The number of hydrogen-bond acceptors (Lipinski definition) is 5. The quantitative estimate of drug-likeness (QED) is 0.101. The Morgan fingerprint density at radius 1 is 0.455 bits per heavy atom. The monoisotopic (exact) mass is 1320 g/mol. The Morgan fingerprint density at radius 2 is 1.08 bits per heavy atom. The van der Waals surface area contributed by atoms with Crippen molar-refractivity contribution in [3.05, 3.63) is 301 Å². The second-order valence-corrected chi connectivity index (χ2v) is 23.0. The smallest absolute Gasteiger partial charge is 0.501 e. The first-order chi connectivity index (χ1) is 42.8. The minimum Gasteiger partial charge on any atom is -0.501 e. The van der Waals surface area contributed by atoms with Gasteiger partial charge in [0.1, 0.15) is 16.7 Å². The zero-order valence-electron chi connectivity index (χ0n) is 49.6. The van der Waals surface area contributed by atoms with Gasteiger partial charge in [0.25, 0.3) is 0 Å². The summed E-state index contributed by atoms with van der Waals surface area (Å²) < 4.78 is 15.2. The summed E-state index contributed by atoms with van der Waals surface area (Å²) in [6, 6.07) is 92.8. The van der Waals surface area contributed by atoms with Crippen molar-refractivity contribution < 1.29 is 28.9 Å². The van der Waals surface area contributed by atoms with Crippen molar-refractivity contribution in [1.29, 1.82) is 0 Å². The molecule has 0 N–H and O–H groups in total. The first-order valence-corrected chi connectivity index (χ1v) is 30.2. The van der Waals surface area contributed by atoms with Crippen molar-refractivity contribution in [3.63, 3.8) is 0 Å². The van der Waals surface area contributed by atoms with Crippen LogP contribution in [0.15, 0.2) is 258 Å². The van der Waals surface area contributed by atoms with E-state index < -0.39 is 0 Å². The van der Waals surface area contributed by atoms with Gasteiger partial charge in [0, 0.05) is 34.2 Å². The van der Waals surface area contributed by atoms with E-state index in [0.717, 1.165) is 120 Å². The number of aryl methyl sites for hydroxylation is 4. The maximum absolute atomic E-state index is 6.52. The first-order valence-electron chi connectivity index (χ1n) is 30.2. The number of para-hydroxylation sites is 4. The summed E-state index contributed by atoms with van der Waals surface area (Å²) in [6.07, 6.45) is 7.68. The van der Waals surface area contributed by atoms with Crippen LogP contribution in [-0.4, -0.2) is 19.5 Å². The van der Waals surface area contributed by atoms with Crippen molar-refractivity contribution in [2.75, 3.05) is 0 Å². The molecule has 0 fully saturated rings. The molecule has 0 unspecified atom stereocenters. The second kappa shape index (κ2) is 25.3. The van der Waals surface area contributed by atoms with Crippen LogP contribution in [0, 0.1) is 18.2 Å². The summed E-state index contributed by atoms with van der Waals surface area (Å²) in [7, 11) is 0. The van der Waals surface area contributed by atoms with Crippen LogP contribution < -0.4 is 0 Å². The molecule has 0 bridgehead atoms. The van der Waals surface area contributed by atoms with Gasteiger partial charge in [0.15, 0.2) is 0 Å². The Hall–Kier alpha value is -9.78. The summed E-state index contributed by atoms with van der Waals surface area (Å²) in [5, 5.41) is 4.44. The molecule has 0 aliphatic heterocycles. The van der Waals surface area contributed by atoms with Gasteiger partial charge in [-0.2, -0.15) is 0 Å². The molecule has 7 heteroatoms. The molecule has 0 amide bonds. The molecule has 15 aromatic rings. The van der Waals surface area contributed by atoms with E-state index in [1.54, 1.807) is 0 Å². The van der Waals surface area contributed by atoms with Gasteiger partial charge in [0.05, 0.1) is 22.4 Å². The van der Waals surface area contributed by atoms with Crippen molar-refractivity contribution in [1.82, 2.24) is 19.5 Å². The van der Waals surface area contributed by atoms with Crippen molar-refractivity contribution in [2.45, 2.75) is 65.2 Å². The van der Waals surface area contributed by atoms with Crippen LogP contribution in [0.2, 0.25) is 0 Å². The molecule has 0 saturated heterocycles. The van der Waals surface area contributed by atoms with Gasteiger partial charge in [-0.05, 0) is 147 Å². The number of pyridine rings is 2. The van der Waals surface area contributed by atoms with E-state index in [1.807, 2.05) is 85.2 Å². The molecular formula is C81H63IrN4O2. The molecule has 428 valence electrons. The Labute approximate surface area is 527 Å². The fraction of sp³-hybridized carbons (Fsp3) is 0.123. The predicted molar refractivity (Wildman–Crippen MR) is 357 cm³/mol. The van der Waals surface area contributed by atoms with E-state index in [9.17, 15) is 0 Å². The number of furan rings is 2. The standard InChI is InChI=1S/C43H33N2O2.C38H30N2.Ir/c1-25(2)34-22-28(27-20-21-31-29-12-5-9-18-38(29)46-40(31)24-27)23-35(26(3)4)41(34)45-37-17-8-7-16-36(37)44-43(45)33-15-11-14-32-30-13-6-10-19-39(30)47-42(32)33;1-2-12-33(13-3-1)38-26-21-30(28-40-38)20-23-32-11-5-7-15-36(32)35-14-6-4-10-31(35)22-17-29-18-24-34(25-19-29)37-16-8-9-27-39-37;/h5-14,16-26H,1-4H3;1-12,14-16,18-19,21,24,26-28H,17,20,22-23H2;/q-1;-2;+3. The molecule has 0 spiro atoms. The zero-order chi connectivity index (χ0) is 58.8. The van der Waals surface area contributed by atoms with E-state index in [1.165, 1.54) is 55.8 Å². The Morgan fingerprint density at radius 3 is 1.76 bits per heavy atom. The van der Waals surface area contributed by atoms with Gasteiger partial charge in [-0.15, -0.1) is 89.5 Å². The minimum absolute atomic E-state index is 0. The molecule has 0 aliphatic carbocycles. The topological polar surface area (TPSA) is 69.9 Å². The number of hydrogen-bond donors (Lipinski definition) is 0. The third-order valence-electron chi connectivity index (χ3n) is 16.8. The summed E-state index contributed by atoms with van der Waals surface area (Å²) in [5.74, 6) is 1.32. The molecule has 15 rings (SSSR count). The molecule has 5 aromatic heterocycles. The van der Waals surface area contributed by atoms with Gasteiger partial charge < -0.3 is 23.4 Å². The first kappa shape index (κ1) is 57.3. The van der Waals surface area contributed by atoms with E-state index in [-0.39, 0.29) is 31.9 Å². The predicted octanol–water partition coefficient (Wildman–Crippen LogP) is 20.9. The SMILES string of the molecule is CC(C)c1cc(-c2ccc3c(c2)oc2ccccc23)cc(C(C)C)c1-n1c(-c2[c-]ccc3c2oc2ccccc23)nc2ccccc21.[Ir+3].[c-]1cc(CCc2ccccc2-c2ccccc2CCc2ccc(-c3[c-]cccc3)nc2)ccc1-c1ccccn1. The molecular weight excluding hydrogens is 1250 g/mol. The number of rotatable bonds is 14. The largest absolute Gasteiger partial charge is 3.00 e. The summed E-state index contributed by atoms with van der Waals surface area (Å²) >= 11 is 0. The molecule has 0 radical (unpaired) electrons. The maximum atomic E-state index is 6.52. The van der Waals surface area contributed by atoms with E-state index in [2.05, 4.69) is 219 Å². The van der Waals surface area contributed by atoms with Crippen LogP contribution in [-0.2, 0) is 45.8 Å². The van der Waals surface area contributed by atoms with Crippen molar-refractivity contribution in [3.8, 4) is 61.8 Å². The average Bonchev–Trinajstić information content (AvgIpc) is 2.16. The van der Waals surface area contributed by atoms with Crippen molar-refractivity contribution >= 4 is 54.9 Å². The summed E-state index contributed by atoms with van der Waals surface area (Å²) in [6.45, 7) is 9.11. The number of benzene rings is 10. The normalized spacial score (nSPS) is 11.5. The van der Waals surface area contributed by atoms with Crippen LogP contribution in [0.1, 0.15) is 72.9 Å². The molecule has 6 nitrogen and oxygen atoms in total. The van der Waals surface area contributed by atoms with Crippen molar-refractivity contribution in [2.24, 2.45) is 0 Å². The molecule has 88 heavy (non-hydrogen) atoms. The second-order valence-electron chi connectivity index (χ2n) is 23.0. The van der Waals surface area contributed by atoms with Gasteiger partial charge in [-0.25, -0.2) is 0 Å². The van der Waals surface area contributed by atoms with Crippen LogP contribution in [0.4, 0.5) is 0 Å². The fourth-order valence-corrected chi connectivity index (χ4v) is 12.3. The zero-order valence-corrected chi connectivity index (χ0v) is 52.0. The average molecular weight is 1320 g/mol. The molecule has 0 aliphatic rings. The summed E-state index contributed by atoms with van der Waals surface area (Å²) in [4.78, 5) is 14.4. The number of fused-ring (bicyclic) bond motifs is 7. The van der Waals surface area contributed by atoms with Gasteiger partial charge in [-0.1, -0.05) is 172 Å². The molecule has 0 atom stereocenters. The third-order valence-corrected chi connectivity index (χ3v) is 16.8. The Bertz CT molecular complexity index is 4770. The number of nitrogens with zero attached hydrogens (tertiary/aromatic N) is 4. The molecule has 0 saturated carbocycles. The van der Waals surface area contributed by atoms with Crippen LogP contribution in [0.25, 0.3) is 117 Å².